The number of nitrogens with zero attached hydrogens (tertiary/aromatic N) is 2. The van der Waals surface area contributed by atoms with Crippen molar-refractivity contribution in [3.8, 4) is 0 Å². The predicted octanol–water partition coefficient (Wildman–Crippen LogP) is 4.71. The van der Waals surface area contributed by atoms with Gasteiger partial charge in [0, 0.05) is 19.5 Å². The molecule has 9 heteroatoms. The van der Waals surface area contributed by atoms with E-state index in [2.05, 4.69) is 20.5 Å². The van der Waals surface area contributed by atoms with Crippen LogP contribution in [-0.2, 0) is 0 Å². The van der Waals surface area contributed by atoms with Crippen molar-refractivity contribution < 1.29 is 17.6 Å². The number of piperidine rings is 1. The zero-order valence-corrected chi connectivity index (χ0v) is 18.8. The topological polar surface area (TPSA) is 52.8 Å². The molecule has 0 aromatic carbocycles. The average Bonchev–Trinajstić information content (AvgIpc) is 3.16. The Bertz CT molecular complexity index is 546. The van der Waals surface area contributed by atoms with Gasteiger partial charge in [-0.25, -0.2) is 0 Å². The molecule has 2 rings (SSSR count). The lowest BCUT2D eigenvalue weighted by Gasteiger charge is -2.32. The van der Waals surface area contributed by atoms with Crippen molar-refractivity contribution in [3.05, 3.63) is 24.2 Å². The number of guanidine groups is 1. The number of furan rings is 1. The maximum atomic E-state index is 12.2. The maximum absolute atomic E-state index is 12.2. The van der Waals surface area contributed by atoms with Crippen LogP contribution in [0.3, 0.4) is 0 Å². The molecule has 1 unspecified atom stereocenters. The van der Waals surface area contributed by atoms with Crippen LogP contribution in [0, 0.1) is 0 Å². The summed E-state index contributed by atoms with van der Waals surface area (Å²) >= 11 is 0. The molecule has 1 saturated heterocycles. The molecule has 0 radical (unpaired) electrons. The Hall–Kier alpha value is -0.970. The second kappa shape index (κ2) is 13.3. The summed E-state index contributed by atoms with van der Waals surface area (Å²) in [7, 11) is 0. The van der Waals surface area contributed by atoms with Crippen LogP contribution in [0.1, 0.15) is 57.3 Å². The highest BCUT2D eigenvalue weighted by Gasteiger charge is 2.26. The van der Waals surface area contributed by atoms with Crippen LogP contribution >= 0.6 is 24.0 Å². The van der Waals surface area contributed by atoms with Gasteiger partial charge in [-0.15, -0.1) is 24.0 Å². The molecular weight excluding hydrogens is 484 g/mol. The lowest BCUT2D eigenvalue weighted by Crippen LogP contribution is -2.39. The number of aliphatic imine (C=N–C) groups is 1. The summed E-state index contributed by atoms with van der Waals surface area (Å²) in [5.41, 5.74) is 0. The lowest BCUT2D eigenvalue weighted by molar-refractivity contribution is -0.135. The molecule has 1 fully saturated rings. The minimum Gasteiger partial charge on any atom is -0.468 e. The molecule has 0 saturated carbocycles. The van der Waals surface area contributed by atoms with Gasteiger partial charge in [-0.2, -0.15) is 13.2 Å². The van der Waals surface area contributed by atoms with Crippen molar-refractivity contribution >= 4 is 29.9 Å². The molecule has 1 aliphatic heterocycles. The zero-order valence-electron chi connectivity index (χ0n) is 16.4. The van der Waals surface area contributed by atoms with Gasteiger partial charge >= 0.3 is 6.18 Å². The standard InChI is InChI=1S/C19H31F3N4O.HI/c1-2-23-18(24-11-5-4-10-19(20,21)22)25-15-16(17-9-8-14-27-17)26-12-6-3-7-13-26;/h8-9,14,16H,2-7,10-13,15H2,1H3,(H2,23,24,25);1H. The number of halogens is 4. The van der Waals surface area contributed by atoms with Gasteiger partial charge in [0.2, 0.25) is 0 Å². The number of unbranched alkanes of at least 4 members (excludes halogenated alkanes) is 1. The van der Waals surface area contributed by atoms with Gasteiger partial charge in [0.1, 0.15) is 5.76 Å². The van der Waals surface area contributed by atoms with E-state index in [0.717, 1.165) is 18.8 Å². The first-order valence-corrected chi connectivity index (χ1v) is 9.86. The quantitative estimate of drug-likeness (QED) is 0.216. The fourth-order valence-corrected chi connectivity index (χ4v) is 3.27. The molecule has 28 heavy (non-hydrogen) atoms. The summed E-state index contributed by atoms with van der Waals surface area (Å²) < 4.78 is 42.3. The average molecular weight is 516 g/mol. The summed E-state index contributed by atoms with van der Waals surface area (Å²) in [5.74, 6) is 1.54. The highest BCUT2D eigenvalue weighted by molar-refractivity contribution is 14.0. The van der Waals surface area contributed by atoms with E-state index in [9.17, 15) is 13.2 Å². The van der Waals surface area contributed by atoms with Crippen molar-refractivity contribution in [2.75, 3.05) is 32.7 Å². The van der Waals surface area contributed by atoms with Crippen molar-refractivity contribution in [3.63, 3.8) is 0 Å². The maximum Gasteiger partial charge on any atom is 0.389 e. The van der Waals surface area contributed by atoms with E-state index in [-0.39, 0.29) is 36.4 Å². The highest BCUT2D eigenvalue weighted by Crippen LogP contribution is 2.25. The molecule has 0 spiro atoms. The van der Waals surface area contributed by atoms with Crippen LogP contribution in [0.5, 0.6) is 0 Å². The van der Waals surface area contributed by atoms with Crippen molar-refractivity contribution in [2.45, 2.75) is 57.7 Å². The Balaban J connectivity index is 0.00000392. The fraction of sp³-hybridized carbons (Fsp3) is 0.737. The first-order valence-electron chi connectivity index (χ1n) is 9.86. The van der Waals surface area contributed by atoms with Crippen LogP contribution in [0.2, 0.25) is 0 Å². The number of nitrogens with one attached hydrogen (secondary N) is 2. The van der Waals surface area contributed by atoms with Gasteiger partial charge in [-0.3, -0.25) is 9.89 Å². The van der Waals surface area contributed by atoms with Gasteiger partial charge in [0.25, 0.3) is 0 Å². The van der Waals surface area contributed by atoms with Crippen LogP contribution in [0.25, 0.3) is 0 Å². The van der Waals surface area contributed by atoms with E-state index in [1.54, 1.807) is 6.26 Å². The highest BCUT2D eigenvalue weighted by atomic mass is 127. The van der Waals surface area contributed by atoms with Gasteiger partial charge in [0.05, 0.1) is 18.8 Å². The molecule has 5 nitrogen and oxygen atoms in total. The van der Waals surface area contributed by atoms with Crippen LogP contribution < -0.4 is 10.6 Å². The van der Waals surface area contributed by atoms with E-state index >= 15 is 0 Å². The first kappa shape index (κ1) is 25.1. The molecule has 0 aliphatic carbocycles. The Labute approximate surface area is 182 Å². The summed E-state index contributed by atoms with van der Waals surface area (Å²) in [4.78, 5) is 7.06. The Morgan fingerprint density at radius 2 is 1.96 bits per heavy atom. The summed E-state index contributed by atoms with van der Waals surface area (Å²) in [6.07, 6.45) is 1.06. The number of rotatable bonds is 9. The van der Waals surface area contributed by atoms with E-state index in [1.165, 1.54) is 19.3 Å². The minimum absolute atomic E-state index is 0. The molecule has 2 heterocycles. The van der Waals surface area contributed by atoms with E-state index in [1.807, 2.05) is 19.1 Å². The summed E-state index contributed by atoms with van der Waals surface area (Å²) in [6.45, 7) is 5.74. The van der Waals surface area contributed by atoms with Gasteiger partial charge in [0.15, 0.2) is 5.96 Å². The third-order valence-electron chi connectivity index (χ3n) is 4.65. The number of hydrogen-bond acceptors (Lipinski definition) is 3. The van der Waals surface area contributed by atoms with Crippen molar-refractivity contribution in [1.82, 2.24) is 15.5 Å². The smallest absolute Gasteiger partial charge is 0.389 e. The van der Waals surface area contributed by atoms with Crippen molar-refractivity contribution in [1.29, 1.82) is 0 Å². The summed E-state index contributed by atoms with van der Waals surface area (Å²) in [6, 6.07) is 3.95. The molecule has 0 bridgehead atoms. The van der Waals surface area contributed by atoms with Gasteiger partial charge in [-0.05, 0) is 57.8 Å². The molecule has 1 aromatic heterocycles. The molecule has 1 atom stereocenters. The van der Waals surface area contributed by atoms with E-state index < -0.39 is 12.6 Å². The molecule has 0 amide bonds. The SMILES string of the molecule is CCNC(=NCC(c1ccco1)N1CCCCC1)NCCCCC(F)(F)F.I. The monoisotopic (exact) mass is 516 g/mol. The Morgan fingerprint density at radius 3 is 2.57 bits per heavy atom. The van der Waals surface area contributed by atoms with Gasteiger partial charge < -0.3 is 15.1 Å². The molecule has 1 aromatic rings. The number of likely N-dealkylation sites (tertiary alicyclic amines) is 1. The van der Waals surface area contributed by atoms with E-state index in [4.69, 9.17) is 4.42 Å². The third-order valence-corrected chi connectivity index (χ3v) is 4.65. The normalized spacial score (nSPS) is 17.1. The molecule has 162 valence electrons. The second-order valence-electron chi connectivity index (χ2n) is 6.85. The third kappa shape index (κ3) is 9.49. The Kier molecular flexibility index (Phi) is 11.9. The summed E-state index contributed by atoms with van der Waals surface area (Å²) in [5, 5.41) is 6.29. The van der Waals surface area contributed by atoms with E-state index in [0.29, 0.717) is 32.0 Å². The van der Waals surface area contributed by atoms with Crippen molar-refractivity contribution in [2.24, 2.45) is 4.99 Å². The lowest BCUT2D eigenvalue weighted by atomic mass is 10.1. The molecule has 1 aliphatic rings. The largest absolute Gasteiger partial charge is 0.468 e. The number of hydrogen-bond donors (Lipinski definition) is 2. The second-order valence-corrected chi connectivity index (χ2v) is 6.85. The molecule has 2 N–H and O–H groups in total. The number of alkyl halides is 3. The first-order chi connectivity index (χ1) is 13.0. The van der Waals surface area contributed by atoms with Crippen LogP contribution in [0.15, 0.2) is 27.8 Å². The Morgan fingerprint density at radius 1 is 1.21 bits per heavy atom. The minimum atomic E-state index is -4.08. The predicted molar refractivity (Wildman–Crippen MR) is 116 cm³/mol. The van der Waals surface area contributed by atoms with Crippen LogP contribution in [-0.4, -0.2) is 49.8 Å². The molecular formula is C19H32F3IN4O. The fourth-order valence-electron chi connectivity index (χ4n) is 3.27. The van der Waals surface area contributed by atoms with Crippen LogP contribution in [0.4, 0.5) is 13.2 Å². The van der Waals surface area contributed by atoms with Gasteiger partial charge in [-0.1, -0.05) is 6.42 Å². The zero-order chi connectivity index (χ0) is 19.5.